The van der Waals surface area contributed by atoms with Crippen molar-refractivity contribution in [2.24, 2.45) is 52.3 Å². The van der Waals surface area contributed by atoms with Gasteiger partial charge in [0.1, 0.15) is 6.04 Å². The maximum absolute atomic E-state index is 12.7. The van der Waals surface area contributed by atoms with Crippen molar-refractivity contribution in [3.63, 3.8) is 0 Å². The van der Waals surface area contributed by atoms with Crippen molar-refractivity contribution < 1.29 is 38.4 Å². The van der Waals surface area contributed by atoms with Crippen LogP contribution >= 0.6 is 0 Å². The summed E-state index contributed by atoms with van der Waals surface area (Å²) in [4.78, 5) is 95.0. The van der Waals surface area contributed by atoms with Gasteiger partial charge in [0.05, 0.1) is 32.2 Å². The second-order valence-electron chi connectivity index (χ2n) is 17.5. The van der Waals surface area contributed by atoms with Crippen LogP contribution in [0.1, 0.15) is 107 Å². The van der Waals surface area contributed by atoms with Crippen molar-refractivity contribution >= 4 is 47.4 Å². The summed E-state index contributed by atoms with van der Waals surface area (Å²) in [5, 5.41) is 20.0. The number of rotatable bonds is 25. The van der Waals surface area contributed by atoms with Gasteiger partial charge in [-0.15, -0.1) is 0 Å². The Morgan fingerprint density at radius 2 is 1.01 bits per heavy atom. The number of hydrogen-bond acceptors (Lipinski definition) is 12. The van der Waals surface area contributed by atoms with Gasteiger partial charge in [0, 0.05) is 26.1 Å². The zero-order valence-electron chi connectivity index (χ0n) is 46.2. The molecule has 0 aliphatic heterocycles. The molecule has 0 fully saturated rings. The number of amides is 9. The SMILES string of the molecule is CCC(CNC(=O)CNC(=O)CNC(=O)[C@@H](CC(C)C)NC(=O)CNC(=O)CNC(=O)CCNC(=O)C(N)C(C)C)C(C)C.CCCN.CCCNC(N)=O.CCN.CN.Cc1ccc(-c2ccccc2)cc1. The van der Waals surface area contributed by atoms with Crippen LogP contribution in [0.25, 0.3) is 11.1 Å². The first kappa shape index (κ1) is 73.4. The summed E-state index contributed by atoms with van der Waals surface area (Å²) in [6.45, 7) is 23.0. The number of carbonyl (C=O) groups is 8. The van der Waals surface area contributed by atoms with Gasteiger partial charge in [-0.05, 0) is 81.1 Å². The van der Waals surface area contributed by atoms with Gasteiger partial charge < -0.3 is 71.2 Å². The molecule has 18 N–H and O–H groups in total. The molecule has 3 atom stereocenters. The zero-order chi connectivity index (χ0) is 56.7. The molecule has 418 valence electrons. The number of urea groups is 1. The van der Waals surface area contributed by atoms with E-state index in [0.29, 0.717) is 24.9 Å². The molecule has 21 nitrogen and oxygen atoms in total. The molecule has 0 saturated carbocycles. The van der Waals surface area contributed by atoms with E-state index in [2.05, 4.69) is 124 Å². The minimum atomic E-state index is -0.962. The molecule has 9 amide bonds. The van der Waals surface area contributed by atoms with Crippen molar-refractivity contribution in [2.75, 3.05) is 66.0 Å². The molecular formula is C52H97N13O8. The van der Waals surface area contributed by atoms with Gasteiger partial charge in [0.2, 0.25) is 41.4 Å². The first-order chi connectivity index (χ1) is 34.5. The fourth-order valence-electron chi connectivity index (χ4n) is 5.49. The van der Waals surface area contributed by atoms with Crippen LogP contribution in [0.4, 0.5) is 4.79 Å². The molecule has 73 heavy (non-hydrogen) atoms. The molecule has 0 aliphatic carbocycles. The van der Waals surface area contributed by atoms with Crippen LogP contribution in [0.2, 0.25) is 0 Å². The van der Waals surface area contributed by atoms with Crippen LogP contribution < -0.4 is 71.2 Å². The molecular weight excluding hydrogens is 935 g/mol. The quantitative estimate of drug-likeness (QED) is 0.0678. The number of carbonyl (C=O) groups excluding carboxylic acids is 8. The van der Waals surface area contributed by atoms with Crippen LogP contribution in [-0.2, 0) is 33.6 Å². The fraction of sp³-hybridized carbons (Fsp3) is 0.615. The Morgan fingerprint density at radius 1 is 0.548 bits per heavy atom. The number of aryl methyl sites for hydroxylation is 1. The zero-order valence-corrected chi connectivity index (χ0v) is 46.2. The first-order valence-corrected chi connectivity index (χ1v) is 25.3. The van der Waals surface area contributed by atoms with Crippen LogP contribution in [0.15, 0.2) is 54.6 Å². The summed E-state index contributed by atoms with van der Waals surface area (Å²) in [6, 6.07) is 16.9. The average molecular weight is 1030 g/mol. The third-order valence-corrected chi connectivity index (χ3v) is 9.82. The second kappa shape index (κ2) is 48.1. The molecule has 2 aromatic carbocycles. The van der Waals surface area contributed by atoms with Crippen LogP contribution in [0.3, 0.4) is 0 Å². The molecule has 0 aromatic heterocycles. The normalized spacial score (nSPS) is 11.1. The van der Waals surface area contributed by atoms with Gasteiger partial charge in [-0.25, -0.2) is 4.79 Å². The highest BCUT2D eigenvalue weighted by Gasteiger charge is 2.23. The lowest BCUT2D eigenvalue weighted by molar-refractivity contribution is -0.131. The standard InChI is InChI=1S/C29H54N8O7.C13H12.C4H10N2O.C3H9N.C2H7N.CH5N/c1-8-20(18(4)5)12-32-23(39)14-34-25(41)15-36-28(43)21(11-17(2)3)37-26(42)16-35-24(40)13-33-22(38)9-10-31-29(44)27(30)19(6)7;1-11-7-9-13(10-8-11)12-5-3-2-4-6-12;1-2-3-6-4(5)7;1-2-3-4;1-2-3;1-2/h17-21,27H,8-16,30H2,1-7H3,(H,31,44)(H,32,39)(H,33,38)(H,34,41)(H,35,40)(H,36,43)(H,37,42);2-10H,1H3;2-3H2,1H3,(H3,5,6,7);2-4H2,1H3;2-3H2,1H3;2H2,1H3/t20?,21-,27?;;;;;/m1...../s1. The van der Waals surface area contributed by atoms with Crippen LogP contribution in [0, 0.1) is 30.6 Å². The van der Waals surface area contributed by atoms with Crippen molar-refractivity contribution in [3.8, 4) is 11.1 Å². The largest absolute Gasteiger partial charge is 0.354 e. The molecule has 0 radical (unpaired) electrons. The van der Waals surface area contributed by atoms with Gasteiger partial charge in [0.25, 0.3) is 0 Å². The van der Waals surface area contributed by atoms with Crippen molar-refractivity contribution in [3.05, 3.63) is 60.2 Å². The monoisotopic (exact) mass is 1030 g/mol. The average Bonchev–Trinajstić information content (AvgIpc) is 3.36. The van der Waals surface area contributed by atoms with E-state index in [1.54, 1.807) is 13.8 Å². The number of primary amides is 1. The van der Waals surface area contributed by atoms with Crippen molar-refractivity contribution in [2.45, 2.75) is 120 Å². The fourth-order valence-corrected chi connectivity index (χ4v) is 5.49. The Labute approximate surface area is 437 Å². The summed E-state index contributed by atoms with van der Waals surface area (Å²) in [5.41, 5.74) is 28.7. The minimum Gasteiger partial charge on any atom is -0.354 e. The maximum Gasteiger partial charge on any atom is 0.312 e. The van der Waals surface area contributed by atoms with E-state index >= 15 is 0 Å². The lowest BCUT2D eigenvalue weighted by atomic mass is 9.93. The Balaban J connectivity index is -0.000000653. The highest BCUT2D eigenvalue weighted by atomic mass is 16.2. The lowest BCUT2D eigenvalue weighted by Gasteiger charge is -2.20. The first-order valence-electron chi connectivity index (χ1n) is 25.3. The van der Waals surface area contributed by atoms with Gasteiger partial charge in [-0.3, -0.25) is 33.6 Å². The van der Waals surface area contributed by atoms with E-state index in [4.69, 9.17) is 22.9 Å². The predicted molar refractivity (Wildman–Crippen MR) is 294 cm³/mol. The molecule has 21 heteroatoms. The van der Waals surface area contributed by atoms with Gasteiger partial charge in [-0.2, -0.15) is 0 Å². The number of nitrogens with two attached hydrogens (primary N) is 5. The molecule has 0 aliphatic rings. The van der Waals surface area contributed by atoms with E-state index in [1.807, 2.05) is 40.7 Å². The summed E-state index contributed by atoms with van der Waals surface area (Å²) < 4.78 is 0. The van der Waals surface area contributed by atoms with Crippen LogP contribution in [0.5, 0.6) is 0 Å². The molecule has 0 spiro atoms. The van der Waals surface area contributed by atoms with Crippen molar-refractivity contribution in [1.29, 1.82) is 0 Å². The maximum atomic E-state index is 12.7. The highest BCUT2D eigenvalue weighted by Crippen LogP contribution is 2.18. The molecule has 0 saturated heterocycles. The third-order valence-electron chi connectivity index (χ3n) is 9.82. The molecule has 2 rings (SSSR count). The second-order valence-corrected chi connectivity index (χ2v) is 17.5. The molecule has 2 aromatic rings. The van der Waals surface area contributed by atoms with Crippen molar-refractivity contribution in [1.82, 2.24) is 42.5 Å². The Kier molecular flexibility index (Phi) is 48.4. The summed E-state index contributed by atoms with van der Waals surface area (Å²) in [7, 11) is 1.50. The van der Waals surface area contributed by atoms with Gasteiger partial charge in [0.15, 0.2) is 0 Å². The summed E-state index contributed by atoms with van der Waals surface area (Å²) >= 11 is 0. The van der Waals surface area contributed by atoms with E-state index in [-0.39, 0.29) is 62.7 Å². The summed E-state index contributed by atoms with van der Waals surface area (Å²) in [5.74, 6) is -2.85. The predicted octanol–water partition coefficient (Wildman–Crippen LogP) is 1.89. The topological polar surface area (TPSA) is 363 Å². The minimum absolute atomic E-state index is 0.0251. The van der Waals surface area contributed by atoms with E-state index in [9.17, 15) is 38.4 Å². The van der Waals surface area contributed by atoms with Gasteiger partial charge in [-0.1, -0.05) is 136 Å². The molecule has 2 unspecified atom stereocenters. The molecule has 0 bridgehead atoms. The molecule has 0 heterocycles. The lowest BCUT2D eigenvalue weighted by Crippen LogP contribution is -2.52. The van der Waals surface area contributed by atoms with E-state index in [1.165, 1.54) is 23.7 Å². The Morgan fingerprint density at radius 3 is 1.44 bits per heavy atom. The van der Waals surface area contributed by atoms with Crippen LogP contribution in [-0.4, -0.2) is 125 Å². The smallest absolute Gasteiger partial charge is 0.312 e. The number of benzene rings is 2. The Bertz CT molecular complexity index is 1780. The van der Waals surface area contributed by atoms with Gasteiger partial charge >= 0.3 is 6.03 Å². The number of hydrogen-bond donors (Lipinski definition) is 13. The highest BCUT2D eigenvalue weighted by molar-refractivity contribution is 5.93. The Hall–Kier alpha value is -6.16. The van der Waals surface area contributed by atoms with E-state index < -0.39 is 54.2 Å². The summed E-state index contributed by atoms with van der Waals surface area (Å²) in [6.07, 6.45) is 3.17. The number of nitrogens with one attached hydrogen (secondary N) is 8. The van der Waals surface area contributed by atoms with E-state index in [0.717, 1.165) is 32.4 Å². The third kappa shape index (κ3) is 44.3.